The van der Waals surface area contributed by atoms with E-state index in [0.29, 0.717) is 5.69 Å². The number of anilines is 1. The highest BCUT2D eigenvalue weighted by Crippen LogP contribution is 2.15. The van der Waals surface area contributed by atoms with E-state index in [-0.39, 0.29) is 16.8 Å². The zero-order valence-electron chi connectivity index (χ0n) is 12.1. The predicted molar refractivity (Wildman–Crippen MR) is 81.6 cm³/mol. The van der Waals surface area contributed by atoms with Gasteiger partial charge in [-0.25, -0.2) is 13.1 Å². The number of nitrogens with one attached hydrogen (secondary N) is 3. The van der Waals surface area contributed by atoms with Crippen LogP contribution in [0.15, 0.2) is 29.2 Å². The first-order valence-electron chi connectivity index (χ1n) is 7.11. The lowest BCUT2D eigenvalue weighted by Gasteiger charge is -2.15. The second kappa shape index (κ2) is 7.02. The molecule has 7 heteroatoms. The summed E-state index contributed by atoms with van der Waals surface area (Å²) in [7, 11) is -2.08. The van der Waals surface area contributed by atoms with Crippen LogP contribution in [-0.4, -0.2) is 34.0 Å². The van der Waals surface area contributed by atoms with Crippen molar-refractivity contribution in [1.29, 1.82) is 0 Å². The van der Waals surface area contributed by atoms with Crippen molar-refractivity contribution >= 4 is 21.6 Å². The van der Waals surface area contributed by atoms with Crippen LogP contribution in [0.25, 0.3) is 0 Å². The molecule has 0 radical (unpaired) electrons. The molecule has 1 aromatic carbocycles. The molecule has 1 aliphatic heterocycles. The minimum absolute atomic E-state index is 0.0684. The summed E-state index contributed by atoms with van der Waals surface area (Å²) < 4.78 is 25.5. The SMILES string of the molecule is CNS(=O)(=O)c1ccc(NC(=O)C2CCCCCN2)cc1. The largest absolute Gasteiger partial charge is 0.325 e. The summed E-state index contributed by atoms with van der Waals surface area (Å²) in [6, 6.07) is 5.97. The third kappa shape index (κ3) is 4.26. The van der Waals surface area contributed by atoms with Gasteiger partial charge >= 0.3 is 0 Å². The monoisotopic (exact) mass is 311 g/mol. The molecule has 1 aliphatic rings. The third-order valence-corrected chi connectivity index (χ3v) is 5.01. The van der Waals surface area contributed by atoms with Gasteiger partial charge in [-0.05, 0) is 50.7 Å². The van der Waals surface area contributed by atoms with E-state index in [1.165, 1.54) is 19.2 Å². The topological polar surface area (TPSA) is 87.3 Å². The highest BCUT2D eigenvalue weighted by Gasteiger charge is 2.19. The molecule has 6 nitrogen and oxygen atoms in total. The number of hydrogen-bond donors (Lipinski definition) is 3. The zero-order valence-corrected chi connectivity index (χ0v) is 12.9. The van der Waals surface area contributed by atoms with Gasteiger partial charge in [0.25, 0.3) is 0 Å². The van der Waals surface area contributed by atoms with E-state index < -0.39 is 10.0 Å². The first-order valence-corrected chi connectivity index (χ1v) is 8.59. The molecule has 3 N–H and O–H groups in total. The van der Waals surface area contributed by atoms with Crippen LogP contribution in [0.5, 0.6) is 0 Å². The molecule has 0 bridgehead atoms. The molecule has 0 spiro atoms. The Morgan fingerprint density at radius 2 is 1.90 bits per heavy atom. The maximum Gasteiger partial charge on any atom is 0.241 e. The van der Waals surface area contributed by atoms with Gasteiger partial charge in [0.05, 0.1) is 10.9 Å². The predicted octanol–water partition coefficient (Wildman–Crippen LogP) is 1.07. The Balaban J connectivity index is 2.01. The summed E-state index contributed by atoms with van der Waals surface area (Å²) in [6.45, 7) is 0.859. The maximum atomic E-state index is 12.2. The van der Waals surface area contributed by atoms with Gasteiger partial charge in [0.1, 0.15) is 0 Å². The molecule has 0 aromatic heterocycles. The molecule has 1 saturated heterocycles. The van der Waals surface area contributed by atoms with Crippen molar-refractivity contribution in [2.75, 3.05) is 18.9 Å². The van der Waals surface area contributed by atoms with Crippen molar-refractivity contribution in [2.24, 2.45) is 0 Å². The van der Waals surface area contributed by atoms with Crippen molar-refractivity contribution in [1.82, 2.24) is 10.0 Å². The molecule has 21 heavy (non-hydrogen) atoms. The highest BCUT2D eigenvalue weighted by molar-refractivity contribution is 7.89. The van der Waals surface area contributed by atoms with Crippen LogP contribution in [-0.2, 0) is 14.8 Å². The quantitative estimate of drug-likeness (QED) is 0.776. The van der Waals surface area contributed by atoms with Crippen molar-refractivity contribution in [3.8, 4) is 0 Å². The Labute approximate surface area is 125 Å². The second-order valence-corrected chi connectivity index (χ2v) is 6.96. The van der Waals surface area contributed by atoms with Gasteiger partial charge in [0, 0.05) is 5.69 Å². The van der Waals surface area contributed by atoms with Gasteiger partial charge < -0.3 is 10.6 Å². The first-order chi connectivity index (χ1) is 10.0. The normalized spacial score (nSPS) is 19.8. The van der Waals surface area contributed by atoms with E-state index in [0.717, 1.165) is 32.2 Å². The van der Waals surface area contributed by atoms with E-state index in [9.17, 15) is 13.2 Å². The Hall–Kier alpha value is -1.44. The average molecular weight is 311 g/mol. The van der Waals surface area contributed by atoms with E-state index >= 15 is 0 Å². The smallest absolute Gasteiger partial charge is 0.241 e. The number of carbonyl (C=O) groups is 1. The minimum Gasteiger partial charge on any atom is -0.325 e. The molecule has 1 heterocycles. The summed E-state index contributed by atoms with van der Waals surface area (Å²) in [4.78, 5) is 12.3. The molecular formula is C14H21N3O3S. The van der Waals surface area contributed by atoms with E-state index in [1.54, 1.807) is 12.1 Å². The second-order valence-electron chi connectivity index (χ2n) is 5.08. The molecule has 1 aromatic rings. The molecule has 1 atom stereocenters. The van der Waals surface area contributed by atoms with Gasteiger partial charge in [-0.15, -0.1) is 0 Å². The van der Waals surface area contributed by atoms with Crippen LogP contribution < -0.4 is 15.4 Å². The van der Waals surface area contributed by atoms with Crippen LogP contribution in [0, 0.1) is 0 Å². The lowest BCUT2D eigenvalue weighted by molar-refractivity contribution is -0.118. The fourth-order valence-corrected chi connectivity index (χ4v) is 3.05. The zero-order chi connectivity index (χ0) is 15.3. The molecule has 1 fully saturated rings. The highest BCUT2D eigenvalue weighted by atomic mass is 32.2. The van der Waals surface area contributed by atoms with E-state index in [4.69, 9.17) is 0 Å². The fourth-order valence-electron chi connectivity index (χ4n) is 2.32. The fraction of sp³-hybridized carbons (Fsp3) is 0.500. The molecular weight excluding hydrogens is 290 g/mol. The first kappa shape index (κ1) is 15.9. The maximum absolute atomic E-state index is 12.2. The number of sulfonamides is 1. The Morgan fingerprint density at radius 1 is 1.19 bits per heavy atom. The number of carbonyl (C=O) groups excluding carboxylic acids is 1. The Kier molecular flexibility index (Phi) is 5.33. The van der Waals surface area contributed by atoms with Crippen molar-refractivity contribution < 1.29 is 13.2 Å². The third-order valence-electron chi connectivity index (χ3n) is 3.58. The van der Waals surface area contributed by atoms with Gasteiger partial charge in [-0.3, -0.25) is 4.79 Å². The summed E-state index contributed by atoms with van der Waals surface area (Å²) in [5.74, 6) is -0.0684. The Morgan fingerprint density at radius 3 is 2.57 bits per heavy atom. The molecule has 116 valence electrons. The van der Waals surface area contributed by atoms with Gasteiger partial charge in [-0.1, -0.05) is 12.8 Å². The Bertz CT molecular complexity index is 576. The van der Waals surface area contributed by atoms with Crippen molar-refractivity contribution in [3.05, 3.63) is 24.3 Å². The van der Waals surface area contributed by atoms with E-state index in [2.05, 4.69) is 15.4 Å². The molecule has 0 aliphatic carbocycles. The summed E-state index contributed by atoms with van der Waals surface area (Å²) >= 11 is 0. The number of rotatable bonds is 4. The van der Waals surface area contributed by atoms with E-state index in [1.807, 2.05) is 0 Å². The van der Waals surface area contributed by atoms with Crippen LogP contribution in [0.3, 0.4) is 0 Å². The van der Waals surface area contributed by atoms with Crippen molar-refractivity contribution in [2.45, 2.75) is 36.6 Å². The van der Waals surface area contributed by atoms with Gasteiger partial charge in [0.2, 0.25) is 15.9 Å². The molecule has 1 amide bonds. The lowest BCUT2D eigenvalue weighted by Crippen LogP contribution is -2.39. The number of amides is 1. The van der Waals surface area contributed by atoms with Crippen LogP contribution in [0.2, 0.25) is 0 Å². The van der Waals surface area contributed by atoms with Gasteiger partial charge in [0.15, 0.2) is 0 Å². The average Bonchev–Trinajstić information content (AvgIpc) is 2.77. The van der Waals surface area contributed by atoms with Crippen molar-refractivity contribution in [3.63, 3.8) is 0 Å². The minimum atomic E-state index is -3.44. The van der Waals surface area contributed by atoms with Crippen LogP contribution in [0.4, 0.5) is 5.69 Å². The summed E-state index contributed by atoms with van der Waals surface area (Å²) in [6.07, 6.45) is 4.12. The number of hydrogen-bond acceptors (Lipinski definition) is 4. The lowest BCUT2D eigenvalue weighted by atomic mass is 10.1. The molecule has 1 unspecified atom stereocenters. The summed E-state index contributed by atoms with van der Waals surface area (Å²) in [5.41, 5.74) is 0.598. The van der Waals surface area contributed by atoms with Crippen LogP contribution in [0.1, 0.15) is 25.7 Å². The van der Waals surface area contributed by atoms with Gasteiger partial charge in [-0.2, -0.15) is 0 Å². The summed E-state index contributed by atoms with van der Waals surface area (Å²) in [5, 5.41) is 6.05. The van der Waals surface area contributed by atoms with Crippen LogP contribution >= 0.6 is 0 Å². The molecule has 0 saturated carbocycles. The number of benzene rings is 1. The standard InChI is InChI=1S/C14H21N3O3S/c1-15-21(19,20)12-8-6-11(7-9-12)17-14(18)13-5-3-2-4-10-16-13/h6-9,13,15-16H,2-5,10H2,1H3,(H,17,18). The molecule has 2 rings (SSSR count).